The van der Waals surface area contributed by atoms with Crippen molar-refractivity contribution < 1.29 is 9.15 Å². The van der Waals surface area contributed by atoms with Crippen LogP contribution in [0, 0.1) is 11.3 Å². The van der Waals surface area contributed by atoms with Gasteiger partial charge in [0.2, 0.25) is 5.88 Å². The molecule has 0 saturated carbocycles. The molecule has 2 N–H and O–H groups in total. The van der Waals surface area contributed by atoms with Gasteiger partial charge in [0.1, 0.15) is 11.7 Å². The van der Waals surface area contributed by atoms with Gasteiger partial charge in [-0.1, -0.05) is 44.7 Å². The smallest absolute Gasteiger partial charge is 0.343 e. The first kappa shape index (κ1) is 16.1. The van der Waals surface area contributed by atoms with Gasteiger partial charge in [-0.25, -0.2) is 4.79 Å². The SMILES string of the molecule is CCCCCC[C@H]1C(C#N)=C(N)Oc2c1c(=O)oc1ccccc21. The quantitative estimate of drug-likeness (QED) is 0.665. The van der Waals surface area contributed by atoms with Crippen LogP contribution in [0.4, 0.5) is 0 Å². The van der Waals surface area contributed by atoms with E-state index in [1.165, 1.54) is 0 Å². The van der Waals surface area contributed by atoms with E-state index in [1.54, 1.807) is 12.1 Å². The number of nitrogens with two attached hydrogens (primary N) is 1. The maximum Gasteiger partial charge on any atom is 0.343 e. The molecule has 1 aliphatic rings. The van der Waals surface area contributed by atoms with Crippen molar-refractivity contribution in [1.82, 2.24) is 0 Å². The lowest BCUT2D eigenvalue weighted by molar-refractivity contribution is 0.376. The fraction of sp³-hybridized carbons (Fsp3) is 0.368. The van der Waals surface area contributed by atoms with Gasteiger partial charge in [0.15, 0.2) is 5.75 Å². The number of ether oxygens (including phenoxy) is 1. The van der Waals surface area contributed by atoms with E-state index in [4.69, 9.17) is 14.9 Å². The second kappa shape index (κ2) is 6.79. The summed E-state index contributed by atoms with van der Waals surface area (Å²) in [7, 11) is 0. The summed E-state index contributed by atoms with van der Waals surface area (Å²) in [5, 5.41) is 10.2. The standard InChI is InChI=1S/C19H20N2O3/c1-2-3-4-5-8-12-14(11-20)18(21)24-17-13-9-6-7-10-15(13)23-19(22)16(12)17/h6-7,9-10,12H,2-5,8,21H2,1H3/t12-/m0/s1. The minimum atomic E-state index is -0.454. The molecule has 1 aromatic heterocycles. The Hall–Kier alpha value is -2.74. The summed E-state index contributed by atoms with van der Waals surface area (Å²) >= 11 is 0. The highest BCUT2D eigenvalue weighted by molar-refractivity contribution is 5.85. The number of unbranched alkanes of at least 4 members (excludes halogenated alkanes) is 3. The topological polar surface area (TPSA) is 89.3 Å². The fourth-order valence-corrected chi connectivity index (χ4v) is 3.22. The predicted octanol–water partition coefficient (Wildman–Crippen LogP) is 3.93. The molecule has 0 saturated heterocycles. The zero-order valence-electron chi connectivity index (χ0n) is 13.7. The van der Waals surface area contributed by atoms with Crippen LogP contribution >= 0.6 is 0 Å². The maximum absolute atomic E-state index is 12.5. The first-order valence-corrected chi connectivity index (χ1v) is 8.30. The van der Waals surface area contributed by atoms with Gasteiger partial charge < -0.3 is 14.9 Å². The lowest BCUT2D eigenvalue weighted by atomic mass is 9.85. The molecule has 2 aromatic rings. The Bertz CT molecular complexity index is 890. The zero-order chi connectivity index (χ0) is 17.1. The van der Waals surface area contributed by atoms with E-state index in [-0.39, 0.29) is 11.8 Å². The minimum Gasteiger partial charge on any atom is -0.439 e. The number of para-hydroxylation sites is 1. The molecule has 24 heavy (non-hydrogen) atoms. The monoisotopic (exact) mass is 324 g/mol. The largest absolute Gasteiger partial charge is 0.439 e. The molecule has 124 valence electrons. The highest BCUT2D eigenvalue weighted by atomic mass is 16.5. The molecule has 3 rings (SSSR count). The van der Waals surface area contributed by atoms with Gasteiger partial charge in [0.05, 0.1) is 16.5 Å². The van der Waals surface area contributed by atoms with Crippen LogP contribution in [-0.4, -0.2) is 0 Å². The van der Waals surface area contributed by atoms with Crippen LogP contribution in [0.1, 0.15) is 50.5 Å². The summed E-state index contributed by atoms with van der Waals surface area (Å²) in [6.45, 7) is 2.14. The molecule has 0 amide bonds. The molecule has 0 fully saturated rings. The van der Waals surface area contributed by atoms with Gasteiger partial charge in [-0.2, -0.15) is 5.26 Å². The van der Waals surface area contributed by atoms with E-state index in [0.29, 0.717) is 34.3 Å². The molecule has 1 aromatic carbocycles. The van der Waals surface area contributed by atoms with Crippen LogP contribution in [0.15, 0.2) is 44.9 Å². The fourth-order valence-electron chi connectivity index (χ4n) is 3.22. The third-order valence-corrected chi connectivity index (χ3v) is 4.44. The van der Waals surface area contributed by atoms with Crippen molar-refractivity contribution >= 4 is 11.0 Å². The zero-order valence-corrected chi connectivity index (χ0v) is 13.7. The molecule has 2 heterocycles. The van der Waals surface area contributed by atoms with E-state index >= 15 is 0 Å². The van der Waals surface area contributed by atoms with Gasteiger partial charge >= 0.3 is 5.63 Å². The highest BCUT2D eigenvalue weighted by Crippen LogP contribution is 2.42. The Kier molecular flexibility index (Phi) is 4.57. The van der Waals surface area contributed by atoms with Crippen molar-refractivity contribution in [1.29, 1.82) is 5.26 Å². The third kappa shape index (κ3) is 2.76. The number of rotatable bonds is 5. The molecule has 0 radical (unpaired) electrons. The van der Waals surface area contributed by atoms with Crippen molar-refractivity contribution in [2.45, 2.75) is 44.9 Å². The average molecular weight is 324 g/mol. The Labute approximate surface area is 140 Å². The summed E-state index contributed by atoms with van der Waals surface area (Å²) < 4.78 is 11.1. The molecule has 0 spiro atoms. The summed E-state index contributed by atoms with van der Waals surface area (Å²) in [6, 6.07) is 9.30. The highest BCUT2D eigenvalue weighted by Gasteiger charge is 2.33. The van der Waals surface area contributed by atoms with Crippen LogP contribution in [-0.2, 0) is 0 Å². The van der Waals surface area contributed by atoms with E-state index in [0.717, 1.165) is 25.7 Å². The van der Waals surface area contributed by atoms with Gasteiger partial charge in [-0.15, -0.1) is 0 Å². The Morgan fingerprint density at radius 2 is 2.04 bits per heavy atom. The van der Waals surface area contributed by atoms with Crippen LogP contribution in [0.5, 0.6) is 5.75 Å². The summed E-state index contributed by atoms with van der Waals surface area (Å²) in [5.41, 5.74) is 6.71. The van der Waals surface area contributed by atoms with Crippen molar-refractivity contribution in [3.8, 4) is 11.8 Å². The number of benzene rings is 1. The number of fused-ring (bicyclic) bond motifs is 3. The lowest BCUT2D eigenvalue weighted by Gasteiger charge is -2.25. The number of hydrogen-bond donors (Lipinski definition) is 1. The summed E-state index contributed by atoms with van der Waals surface area (Å²) in [5.74, 6) is 0.150. The predicted molar refractivity (Wildman–Crippen MR) is 91.4 cm³/mol. The Morgan fingerprint density at radius 1 is 1.25 bits per heavy atom. The minimum absolute atomic E-state index is 0.0845. The van der Waals surface area contributed by atoms with Gasteiger partial charge in [0, 0.05) is 5.92 Å². The average Bonchev–Trinajstić information content (AvgIpc) is 2.58. The second-order valence-electron chi connectivity index (χ2n) is 6.02. The molecule has 5 nitrogen and oxygen atoms in total. The van der Waals surface area contributed by atoms with Crippen LogP contribution < -0.4 is 16.1 Å². The van der Waals surface area contributed by atoms with E-state index in [1.807, 2.05) is 12.1 Å². The third-order valence-electron chi connectivity index (χ3n) is 4.44. The Balaban J connectivity index is 2.10. The van der Waals surface area contributed by atoms with Crippen molar-refractivity contribution in [3.05, 3.63) is 51.7 Å². The molecule has 1 atom stereocenters. The number of hydrogen-bond acceptors (Lipinski definition) is 5. The number of nitrogens with zero attached hydrogens (tertiary/aromatic N) is 1. The second-order valence-corrected chi connectivity index (χ2v) is 6.02. The van der Waals surface area contributed by atoms with Crippen molar-refractivity contribution in [3.63, 3.8) is 0 Å². The van der Waals surface area contributed by atoms with E-state index in [9.17, 15) is 10.1 Å². The first-order chi connectivity index (χ1) is 11.7. The van der Waals surface area contributed by atoms with Crippen molar-refractivity contribution in [2.75, 3.05) is 0 Å². The van der Waals surface area contributed by atoms with Crippen LogP contribution in [0.25, 0.3) is 11.0 Å². The molecule has 0 bridgehead atoms. The Morgan fingerprint density at radius 3 is 2.79 bits per heavy atom. The van der Waals surface area contributed by atoms with E-state index < -0.39 is 5.63 Å². The molecule has 0 aliphatic carbocycles. The molecular weight excluding hydrogens is 304 g/mol. The van der Waals surface area contributed by atoms with Crippen LogP contribution in [0.2, 0.25) is 0 Å². The van der Waals surface area contributed by atoms with E-state index in [2.05, 4.69) is 13.0 Å². The van der Waals surface area contributed by atoms with Crippen molar-refractivity contribution in [2.24, 2.45) is 5.73 Å². The summed E-state index contributed by atoms with van der Waals surface area (Å²) in [4.78, 5) is 12.5. The molecule has 5 heteroatoms. The molecule has 0 unspecified atom stereocenters. The molecular formula is C19H20N2O3. The summed E-state index contributed by atoms with van der Waals surface area (Å²) in [6.07, 6.45) is 4.91. The molecule has 1 aliphatic heterocycles. The van der Waals surface area contributed by atoms with Gasteiger partial charge in [-0.3, -0.25) is 0 Å². The van der Waals surface area contributed by atoms with Gasteiger partial charge in [0.25, 0.3) is 0 Å². The number of allylic oxidation sites excluding steroid dienone is 1. The normalized spacial score (nSPS) is 16.6. The maximum atomic E-state index is 12.5. The first-order valence-electron chi connectivity index (χ1n) is 8.30. The van der Waals surface area contributed by atoms with Crippen LogP contribution in [0.3, 0.4) is 0 Å². The van der Waals surface area contributed by atoms with Gasteiger partial charge in [-0.05, 0) is 18.6 Å². The lowest BCUT2D eigenvalue weighted by Crippen LogP contribution is -2.25. The number of nitriles is 1.